The summed E-state index contributed by atoms with van der Waals surface area (Å²) in [5.41, 5.74) is 0.927. The summed E-state index contributed by atoms with van der Waals surface area (Å²) in [6.45, 7) is 3.92. The van der Waals surface area contributed by atoms with Crippen molar-refractivity contribution in [3.8, 4) is 5.75 Å². The largest absolute Gasteiger partial charge is 0.490 e. The SMILES string of the molecule is CCOC(=O)Cn1c(=NC(=O)c2cc3cccc(OCC)c3o2)sc2cc(S(N)(=O)=O)ccc21. The highest BCUT2D eigenvalue weighted by atomic mass is 32.2. The van der Waals surface area contributed by atoms with Crippen LogP contribution >= 0.6 is 11.3 Å². The molecule has 0 unspecified atom stereocenters. The number of fused-ring (bicyclic) bond motifs is 2. The number of carbonyl (C=O) groups is 2. The topological polar surface area (TPSA) is 143 Å². The Kier molecular flexibility index (Phi) is 6.55. The van der Waals surface area contributed by atoms with Gasteiger partial charge in [0.1, 0.15) is 6.54 Å². The monoisotopic (exact) mass is 503 g/mol. The second kappa shape index (κ2) is 9.41. The van der Waals surface area contributed by atoms with Gasteiger partial charge in [-0.3, -0.25) is 9.59 Å². The number of primary sulfonamides is 1. The van der Waals surface area contributed by atoms with Crippen molar-refractivity contribution in [2.24, 2.45) is 10.1 Å². The number of hydrogen-bond acceptors (Lipinski definition) is 8. The Bertz CT molecular complexity index is 1580. The normalized spacial score (nSPS) is 12.4. The fourth-order valence-electron chi connectivity index (χ4n) is 3.36. The number of sulfonamides is 1. The number of rotatable bonds is 7. The van der Waals surface area contributed by atoms with Gasteiger partial charge in [0.05, 0.1) is 28.3 Å². The summed E-state index contributed by atoms with van der Waals surface area (Å²) in [7, 11) is -3.94. The van der Waals surface area contributed by atoms with Crippen molar-refractivity contribution >= 4 is 54.4 Å². The second-order valence-corrected chi connectivity index (χ2v) is 9.66. The standard InChI is InChI=1S/C22H21N3O7S2/c1-3-30-16-7-5-6-13-10-17(32-20(13)16)21(27)24-22-25(12-19(26)31-4-2)15-9-8-14(34(23,28)29)11-18(15)33-22/h5-11H,3-4,12H2,1-2H3,(H2,23,28,29). The number of nitrogens with zero attached hydrogens (tertiary/aromatic N) is 2. The molecule has 0 bridgehead atoms. The zero-order valence-electron chi connectivity index (χ0n) is 18.3. The molecular weight excluding hydrogens is 482 g/mol. The number of esters is 1. The summed E-state index contributed by atoms with van der Waals surface area (Å²) in [4.78, 5) is 29.4. The number of nitrogens with two attached hydrogens (primary N) is 1. The molecule has 34 heavy (non-hydrogen) atoms. The molecule has 0 saturated carbocycles. The van der Waals surface area contributed by atoms with E-state index in [1.54, 1.807) is 31.2 Å². The number of thiazole rings is 1. The van der Waals surface area contributed by atoms with Crippen LogP contribution in [0, 0.1) is 0 Å². The fraction of sp³-hybridized carbons (Fsp3) is 0.227. The average Bonchev–Trinajstić information content (AvgIpc) is 3.36. The number of benzene rings is 2. The minimum Gasteiger partial charge on any atom is -0.490 e. The summed E-state index contributed by atoms with van der Waals surface area (Å²) in [5, 5.41) is 5.91. The van der Waals surface area contributed by atoms with E-state index in [1.165, 1.54) is 22.8 Å². The van der Waals surface area contributed by atoms with Gasteiger partial charge in [0.25, 0.3) is 0 Å². The van der Waals surface area contributed by atoms with E-state index < -0.39 is 21.9 Å². The van der Waals surface area contributed by atoms with Crippen molar-refractivity contribution in [3.05, 3.63) is 53.0 Å². The molecule has 2 aromatic carbocycles. The van der Waals surface area contributed by atoms with Gasteiger partial charge >= 0.3 is 11.9 Å². The van der Waals surface area contributed by atoms with E-state index in [0.717, 1.165) is 11.3 Å². The van der Waals surface area contributed by atoms with Crippen molar-refractivity contribution in [2.45, 2.75) is 25.3 Å². The molecule has 178 valence electrons. The number of amides is 1. The Morgan fingerprint density at radius 1 is 1.15 bits per heavy atom. The van der Waals surface area contributed by atoms with Crippen molar-refractivity contribution in [2.75, 3.05) is 13.2 Å². The third kappa shape index (κ3) is 4.74. The van der Waals surface area contributed by atoms with Crippen LogP contribution in [0.2, 0.25) is 0 Å². The fourth-order valence-corrected chi connectivity index (χ4v) is 5.04. The predicted octanol–water partition coefficient (Wildman–Crippen LogP) is 2.80. The lowest BCUT2D eigenvalue weighted by atomic mass is 10.2. The van der Waals surface area contributed by atoms with Crippen LogP contribution in [0.5, 0.6) is 5.75 Å². The highest BCUT2D eigenvalue weighted by Gasteiger charge is 2.18. The molecule has 0 fully saturated rings. The highest BCUT2D eigenvalue weighted by molar-refractivity contribution is 7.89. The Hall–Kier alpha value is -3.48. The van der Waals surface area contributed by atoms with E-state index in [-0.39, 0.29) is 28.6 Å². The first-order chi connectivity index (χ1) is 16.2. The third-order valence-corrected chi connectivity index (χ3v) is 6.74. The predicted molar refractivity (Wildman–Crippen MR) is 125 cm³/mol. The van der Waals surface area contributed by atoms with E-state index in [1.807, 2.05) is 6.92 Å². The summed E-state index contributed by atoms with van der Waals surface area (Å²) in [6.07, 6.45) is 0. The lowest BCUT2D eigenvalue weighted by molar-refractivity contribution is -0.143. The van der Waals surface area contributed by atoms with E-state index >= 15 is 0 Å². The van der Waals surface area contributed by atoms with Crippen LogP contribution in [-0.2, 0) is 26.1 Å². The first-order valence-electron chi connectivity index (χ1n) is 10.3. The second-order valence-electron chi connectivity index (χ2n) is 7.09. The lowest BCUT2D eigenvalue weighted by Crippen LogP contribution is -2.23. The molecular formula is C22H21N3O7S2. The summed E-state index contributed by atoms with van der Waals surface area (Å²) >= 11 is 1.04. The highest BCUT2D eigenvalue weighted by Crippen LogP contribution is 2.29. The molecule has 1 amide bonds. The van der Waals surface area contributed by atoms with E-state index in [0.29, 0.717) is 33.5 Å². The Morgan fingerprint density at radius 2 is 1.94 bits per heavy atom. The first-order valence-corrected chi connectivity index (χ1v) is 12.6. The quantitative estimate of drug-likeness (QED) is 0.382. The van der Waals surface area contributed by atoms with Gasteiger partial charge in [0, 0.05) is 5.39 Å². The van der Waals surface area contributed by atoms with Crippen LogP contribution in [-0.4, -0.2) is 38.1 Å². The first kappa shape index (κ1) is 23.7. The van der Waals surface area contributed by atoms with Crippen molar-refractivity contribution in [1.82, 2.24) is 4.57 Å². The van der Waals surface area contributed by atoms with Crippen LogP contribution in [0.3, 0.4) is 0 Å². The van der Waals surface area contributed by atoms with Crippen LogP contribution in [0.15, 0.2) is 56.8 Å². The maximum atomic E-state index is 13.0. The van der Waals surface area contributed by atoms with Crippen LogP contribution in [0.1, 0.15) is 24.4 Å². The molecule has 0 radical (unpaired) electrons. The lowest BCUT2D eigenvalue weighted by Gasteiger charge is -2.05. The molecule has 12 heteroatoms. The summed E-state index contributed by atoms with van der Waals surface area (Å²) < 4.78 is 41.8. The Balaban J connectivity index is 1.83. The van der Waals surface area contributed by atoms with Gasteiger partial charge < -0.3 is 18.5 Å². The molecule has 2 N–H and O–H groups in total. The van der Waals surface area contributed by atoms with Gasteiger partial charge in [-0.1, -0.05) is 23.5 Å². The summed E-state index contributed by atoms with van der Waals surface area (Å²) in [5.74, 6) is -0.701. The maximum absolute atomic E-state index is 13.0. The smallest absolute Gasteiger partial charge is 0.326 e. The molecule has 0 saturated heterocycles. The number of hydrogen-bond donors (Lipinski definition) is 1. The number of para-hydroxylation sites is 1. The van der Waals surface area contributed by atoms with Gasteiger partial charge in [-0.25, -0.2) is 13.6 Å². The minimum absolute atomic E-state index is 0.00693. The number of carbonyl (C=O) groups excluding carboxylic acids is 2. The van der Waals surface area contributed by atoms with Gasteiger partial charge in [0.2, 0.25) is 10.0 Å². The van der Waals surface area contributed by atoms with Gasteiger partial charge in [0.15, 0.2) is 21.9 Å². The zero-order chi connectivity index (χ0) is 24.5. The molecule has 0 aliphatic carbocycles. The molecule has 4 aromatic rings. The Labute approximate surface area is 198 Å². The molecule has 4 rings (SSSR count). The molecule has 0 aliphatic rings. The number of aromatic nitrogens is 1. The molecule has 2 aromatic heterocycles. The van der Waals surface area contributed by atoms with Crippen molar-refractivity contribution in [3.63, 3.8) is 0 Å². The number of ether oxygens (including phenoxy) is 2. The van der Waals surface area contributed by atoms with Crippen LogP contribution in [0.25, 0.3) is 21.2 Å². The van der Waals surface area contributed by atoms with Gasteiger partial charge in [-0.2, -0.15) is 4.99 Å². The molecule has 10 nitrogen and oxygen atoms in total. The van der Waals surface area contributed by atoms with Crippen molar-refractivity contribution < 1.29 is 31.9 Å². The van der Waals surface area contributed by atoms with Crippen LogP contribution in [0.4, 0.5) is 0 Å². The third-order valence-electron chi connectivity index (χ3n) is 4.79. The molecule has 0 aliphatic heterocycles. The molecule has 2 heterocycles. The van der Waals surface area contributed by atoms with E-state index in [4.69, 9.17) is 19.0 Å². The van der Waals surface area contributed by atoms with E-state index in [9.17, 15) is 18.0 Å². The van der Waals surface area contributed by atoms with Crippen LogP contribution < -0.4 is 14.7 Å². The maximum Gasteiger partial charge on any atom is 0.326 e. The average molecular weight is 504 g/mol. The van der Waals surface area contributed by atoms with Crippen molar-refractivity contribution in [1.29, 1.82) is 0 Å². The summed E-state index contributed by atoms with van der Waals surface area (Å²) in [6, 6.07) is 11.1. The minimum atomic E-state index is -3.94. The van der Waals surface area contributed by atoms with Gasteiger partial charge in [-0.05, 0) is 44.2 Å². The van der Waals surface area contributed by atoms with E-state index in [2.05, 4.69) is 4.99 Å². The number of furan rings is 1. The molecule has 0 spiro atoms. The zero-order valence-corrected chi connectivity index (χ0v) is 19.9. The van der Waals surface area contributed by atoms with Gasteiger partial charge in [-0.15, -0.1) is 0 Å². The molecule has 0 atom stereocenters. The Morgan fingerprint density at radius 3 is 2.65 bits per heavy atom.